The molecule has 1 aromatic heterocycles. The number of rotatable bonds is 2. The van der Waals surface area contributed by atoms with Crippen LogP contribution in [0.5, 0.6) is 0 Å². The van der Waals surface area contributed by atoms with Crippen molar-refractivity contribution in [2.75, 3.05) is 0 Å². The Morgan fingerprint density at radius 2 is 2.21 bits per heavy atom. The van der Waals surface area contributed by atoms with Crippen LogP contribution in [0.25, 0.3) is 10.9 Å². The summed E-state index contributed by atoms with van der Waals surface area (Å²) in [5, 5.41) is 1.29. The highest BCUT2D eigenvalue weighted by atomic mass is 79.9. The number of fused-ring (bicyclic) bond motifs is 1. The van der Waals surface area contributed by atoms with E-state index in [1.807, 2.05) is 0 Å². The maximum absolute atomic E-state index is 5.69. The van der Waals surface area contributed by atoms with Gasteiger partial charge in [0.2, 0.25) is 0 Å². The van der Waals surface area contributed by atoms with Gasteiger partial charge in [0.1, 0.15) is 0 Å². The van der Waals surface area contributed by atoms with Gasteiger partial charge in [-0.3, -0.25) is 0 Å². The van der Waals surface area contributed by atoms with Crippen molar-refractivity contribution in [1.82, 2.24) is 4.98 Å². The molecular weight excluding hydrogens is 240 g/mol. The van der Waals surface area contributed by atoms with Crippen LogP contribution in [0.15, 0.2) is 22.7 Å². The lowest BCUT2D eigenvalue weighted by Crippen LogP contribution is -1.99. The molecule has 1 aromatic carbocycles. The fourth-order valence-corrected chi connectivity index (χ4v) is 2.22. The quantitative estimate of drug-likeness (QED) is 0.848. The molecule has 0 unspecified atom stereocenters. The number of aryl methyl sites for hydroxylation is 1. The minimum Gasteiger partial charge on any atom is -0.357 e. The van der Waals surface area contributed by atoms with Crippen LogP contribution >= 0.6 is 15.9 Å². The number of H-pyrrole nitrogens is 1. The van der Waals surface area contributed by atoms with E-state index in [1.165, 1.54) is 10.9 Å². The Balaban J connectivity index is 2.73. The first-order valence-electron chi connectivity index (χ1n) is 4.75. The highest BCUT2D eigenvalue weighted by Gasteiger charge is 2.08. The SMILES string of the molecule is CCc1c(CN)[nH]c2cc(Br)ccc12. The van der Waals surface area contributed by atoms with Crippen LogP contribution in [0.1, 0.15) is 18.2 Å². The average Bonchev–Trinajstić information content (AvgIpc) is 2.54. The number of halogens is 1. The van der Waals surface area contributed by atoms with Crippen molar-refractivity contribution < 1.29 is 0 Å². The summed E-state index contributed by atoms with van der Waals surface area (Å²) in [5.41, 5.74) is 9.34. The van der Waals surface area contributed by atoms with Crippen LogP contribution in [0.2, 0.25) is 0 Å². The van der Waals surface area contributed by atoms with Crippen LogP contribution in [0.3, 0.4) is 0 Å². The standard InChI is InChI=1S/C11H13BrN2/c1-2-8-9-4-3-7(12)5-10(9)14-11(8)6-13/h3-5,14H,2,6,13H2,1H3. The molecule has 0 fully saturated rings. The zero-order chi connectivity index (χ0) is 10.1. The Bertz CT molecular complexity index is 460. The molecule has 0 amide bonds. The molecule has 74 valence electrons. The van der Waals surface area contributed by atoms with Gasteiger partial charge in [0, 0.05) is 27.6 Å². The molecule has 0 atom stereocenters. The molecule has 0 saturated carbocycles. The molecule has 1 heterocycles. The van der Waals surface area contributed by atoms with Crippen molar-refractivity contribution in [3.63, 3.8) is 0 Å². The Labute approximate surface area is 91.6 Å². The Kier molecular flexibility index (Phi) is 2.61. The third-order valence-electron chi connectivity index (χ3n) is 2.51. The van der Waals surface area contributed by atoms with E-state index >= 15 is 0 Å². The molecule has 2 rings (SSSR count). The molecule has 2 aromatic rings. The van der Waals surface area contributed by atoms with Crippen molar-refractivity contribution >= 4 is 26.8 Å². The van der Waals surface area contributed by atoms with Crippen molar-refractivity contribution in [1.29, 1.82) is 0 Å². The zero-order valence-corrected chi connectivity index (χ0v) is 9.69. The molecule has 0 aliphatic rings. The van der Waals surface area contributed by atoms with Gasteiger partial charge in [0.25, 0.3) is 0 Å². The molecule has 14 heavy (non-hydrogen) atoms. The fraction of sp³-hybridized carbons (Fsp3) is 0.273. The Hall–Kier alpha value is -0.800. The first-order valence-corrected chi connectivity index (χ1v) is 5.54. The lowest BCUT2D eigenvalue weighted by atomic mass is 10.1. The molecule has 0 aliphatic heterocycles. The van der Waals surface area contributed by atoms with Gasteiger partial charge in [-0.05, 0) is 24.1 Å². The van der Waals surface area contributed by atoms with Gasteiger partial charge in [-0.25, -0.2) is 0 Å². The number of nitrogens with two attached hydrogens (primary N) is 1. The predicted octanol–water partition coefficient (Wildman–Crippen LogP) is 2.95. The minimum atomic E-state index is 0.579. The summed E-state index contributed by atoms with van der Waals surface area (Å²) in [4.78, 5) is 3.35. The molecule has 0 saturated heterocycles. The molecule has 0 radical (unpaired) electrons. The van der Waals surface area contributed by atoms with Crippen LogP contribution in [-0.2, 0) is 13.0 Å². The third kappa shape index (κ3) is 1.47. The fourth-order valence-electron chi connectivity index (χ4n) is 1.86. The first-order chi connectivity index (χ1) is 6.76. The summed E-state index contributed by atoms with van der Waals surface area (Å²) in [5.74, 6) is 0. The molecule has 0 spiro atoms. The van der Waals surface area contributed by atoms with E-state index in [2.05, 4.69) is 46.0 Å². The molecule has 3 N–H and O–H groups in total. The monoisotopic (exact) mass is 252 g/mol. The van der Waals surface area contributed by atoms with Crippen molar-refractivity contribution in [2.45, 2.75) is 19.9 Å². The summed E-state index contributed by atoms with van der Waals surface area (Å²) < 4.78 is 1.09. The number of hydrogen-bond acceptors (Lipinski definition) is 1. The van der Waals surface area contributed by atoms with Crippen LogP contribution in [0.4, 0.5) is 0 Å². The second-order valence-electron chi connectivity index (χ2n) is 3.33. The van der Waals surface area contributed by atoms with Crippen LogP contribution in [-0.4, -0.2) is 4.98 Å². The lowest BCUT2D eigenvalue weighted by Gasteiger charge is -1.97. The van der Waals surface area contributed by atoms with E-state index in [0.717, 1.165) is 22.1 Å². The van der Waals surface area contributed by atoms with Gasteiger partial charge in [0.05, 0.1) is 0 Å². The molecule has 3 heteroatoms. The summed E-state index contributed by atoms with van der Waals surface area (Å²) in [6, 6.07) is 6.29. The van der Waals surface area contributed by atoms with E-state index in [1.54, 1.807) is 0 Å². The van der Waals surface area contributed by atoms with Crippen LogP contribution in [0, 0.1) is 0 Å². The predicted molar refractivity (Wildman–Crippen MR) is 63.3 cm³/mol. The number of aromatic amines is 1. The molecule has 0 aliphatic carbocycles. The minimum absolute atomic E-state index is 0.579. The summed E-state index contributed by atoms with van der Waals surface area (Å²) in [7, 11) is 0. The normalized spacial score (nSPS) is 11.1. The average molecular weight is 253 g/mol. The highest BCUT2D eigenvalue weighted by Crippen LogP contribution is 2.25. The van der Waals surface area contributed by atoms with E-state index < -0.39 is 0 Å². The number of aromatic nitrogens is 1. The van der Waals surface area contributed by atoms with E-state index in [4.69, 9.17) is 5.73 Å². The first kappa shape index (κ1) is 9.74. The van der Waals surface area contributed by atoms with Gasteiger partial charge in [-0.2, -0.15) is 0 Å². The van der Waals surface area contributed by atoms with E-state index in [9.17, 15) is 0 Å². The van der Waals surface area contributed by atoms with Crippen molar-refractivity contribution in [3.8, 4) is 0 Å². The second-order valence-corrected chi connectivity index (χ2v) is 4.25. The highest BCUT2D eigenvalue weighted by molar-refractivity contribution is 9.10. The van der Waals surface area contributed by atoms with Crippen molar-refractivity contribution in [3.05, 3.63) is 33.9 Å². The Morgan fingerprint density at radius 1 is 1.43 bits per heavy atom. The van der Waals surface area contributed by atoms with Crippen molar-refractivity contribution in [2.24, 2.45) is 5.73 Å². The van der Waals surface area contributed by atoms with E-state index in [-0.39, 0.29) is 0 Å². The number of benzene rings is 1. The Morgan fingerprint density at radius 3 is 2.86 bits per heavy atom. The number of nitrogens with one attached hydrogen (secondary N) is 1. The second kappa shape index (κ2) is 3.75. The zero-order valence-electron chi connectivity index (χ0n) is 8.10. The third-order valence-corrected chi connectivity index (χ3v) is 3.01. The van der Waals surface area contributed by atoms with Gasteiger partial charge in [0.15, 0.2) is 0 Å². The maximum Gasteiger partial charge on any atom is 0.0470 e. The lowest BCUT2D eigenvalue weighted by molar-refractivity contribution is 0.973. The molecular formula is C11H13BrN2. The topological polar surface area (TPSA) is 41.8 Å². The largest absolute Gasteiger partial charge is 0.357 e. The number of hydrogen-bond donors (Lipinski definition) is 2. The maximum atomic E-state index is 5.69. The molecule has 2 nitrogen and oxygen atoms in total. The van der Waals surface area contributed by atoms with Gasteiger partial charge < -0.3 is 10.7 Å². The van der Waals surface area contributed by atoms with Crippen LogP contribution < -0.4 is 5.73 Å². The smallest absolute Gasteiger partial charge is 0.0470 e. The van der Waals surface area contributed by atoms with Gasteiger partial charge in [-0.15, -0.1) is 0 Å². The summed E-state index contributed by atoms with van der Waals surface area (Å²) in [6.45, 7) is 2.74. The molecule has 0 bridgehead atoms. The summed E-state index contributed by atoms with van der Waals surface area (Å²) in [6.07, 6.45) is 1.02. The van der Waals surface area contributed by atoms with Gasteiger partial charge >= 0.3 is 0 Å². The summed E-state index contributed by atoms with van der Waals surface area (Å²) >= 11 is 3.46. The van der Waals surface area contributed by atoms with Gasteiger partial charge in [-0.1, -0.05) is 28.9 Å². The van der Waals surface area contributed by atoms with E-state index in [0.29, 0.717) is 6.54 Å².